The number of hydrogen-bond donors (Lipinski definition) is 1. The number of likely N-dealkylation sites (tertiary alicyclic amines) is 1. The first-order valence-electron chi connectivity index (χ1n) is 9.23. The van der Waals surface area contributed by atoms with Gasteiger partial charge in [0, 0.05) is 25.2 Å². The van der Waals surface area contributed by atoms with Crippen molar-refractivity contribution in [1.29, 1.82) is 0 Å². The lowest BCUT2D eigenvalue weighted by molar-refractivity contribution is 0.200. The predicted molar refractivity (Wildman–Crippen MR) is 99.3 cm³/mol. The number of urea groups is 1. The molecule has 3 heterocycles. The van der Waals surface area contributed by atoms with E-state index in [2.05, 4.69) is 17.3 Å². The number of anilines is 1. The maximum Gasteiger partial charge on any atom is 0.322 e. The first kappa shape index (κ1) is 17.0. The van der Waals surface area contributed by atoms with Crippen LogP contribution in [-0.2, 0) is 6.61 Å². The van der Waals surface area contributed by atoms with Crippen molar-refractivity contribution in [2.75, 3.05) is 25.5 Å². The maximum atomic E-state index is 12.8. The summed E-state index contributed by atoms with van der Waals surface area (Å²) in [6.45, 7) is 1.92. The molecule has 2 aliphatic rings. The summed E-state index contributed by atoms with van der Waals surface area (Å²) in [5, 5.41) is 3.03. The Hall–Kier alpha value is -2.47. The van der Waals surface area contributed by atoms with E-state index in [9.17, 15) is 4.79 Å². The van der Waals surface area contributed by atoms with Gasteiger partial charge in [-0.1, -0.05) is 12.1 Å². The number of hydrogen-bond acceptors (Lipinski definition) is 4. The van der Waals surface area contributed by atoms with Gasteiger partial charge in [-0.25, -0.2) is 4.79 Å². The van der Waals surface area contributed by atoms with E-state index in [1.165, 1.54) is 12.8 Å². The number of rotatable bonds is 4. The Labute approximate surface area is 153 Å². The number of fused-ring (bicyclic) bond motifs is 2. The van der Waals surface area contributed by atoms with Crippen LogP contribution in [0, 0.1) is 0 Å². The molecule has 138 valence electrons. The number of likely N-dealkylation sites (N-methyl/N-ethyl adjacent to an activating group) is 1. The minimum Gasteiger partial charge on any atom is -0.483 e. The van der Waals surface area contributed by atoms with Gasteiger partial charge in [0.1, 0.15) is 18.1 Å². The summed E-state index contributed by atoms with van der Waals surface area (Å²) < 4.78 is 11.1. The van der Waals surface area contributed by atoms with Gasteiger partial charge < -0.3 is 19.4 Å². The number of benzene rings is 1. The van der Waals surface area contributed by atoms with E-state index < -0.39 is 0 Å². The van der Waals surface area contributed by atoms with Gasteiger partial charge in [-0.3, -0.25) is 4.90 Å². The molecule has 4 rings (SSSR count). The lowest BCUT2D eigenvalue weighted by Crippen LogP contribution is -2.41. The molecule has 2 fully saturated rings. The SMILES string of the molecule is CN1[C@H]2CC[C@@H]1CN(C(=O)Nc1ccccc1OCc1ccco1)CC2. The van der Waals surface area contributed by atoms with Gasteiger partial charge in [0.05, 0.1) is 12.0 Å². The summed E-state index contributed by atoms with van der Waals surface area (Å²) in [4.78, 5) is 17.2. The molecule has 2 atom stereocenters. The summed E-state index contributed by atoms with van der Waals surface area (Å²) in [5.74, 6) is 1.39. The van der Waals surface area contributed by atoms with Crippen molar-refractivity contribution in [3.63, 3.8) is 0 Å². The Morgan fingerprint density at radius 3 is 2.88 bits per heavy atom. The first-order valence-corrected chi connectivity index (χ1v) is 9.23. The van der Waals surface area contributed by atoms with Gasteiger partial charge in [0.2, 0.25) is 0 Å². The van der Waals surface area contributed by atoms with Gasteiger partial charge in [0.25, 0.3) is 0 Å². The molecule has 0 spiro atoms. The van der Waals surface area contributed by atoms with Crippen molar-refractivity contribution in [3.05, 3.63) is 48.4 Å². The molecule has 26 heavy (non-hydrogen) atoms. The Morgan fingerprint density at radius 1 is 1.19 bits per heavy atom. The van der Waals surface area contributed by atoms with E-state index in [0.717, 1.165) is 25.3 Å². The van der Waals surface area contributed by atoms with Gasteiger partial charge in [0.15, 0.2) is 0 Å². The number of ether oxygens (including phenoxy) is 1. The second-order valence-electron chi connectivity index (χ2n) is 7.08. The quantitative estimate of drug-likeness (QED) is 0.911. The molecule has 2 amide bonds. The third-order valence-corrected chi connectivity index (χ3v) is 5.51. The minimum absolute atomic E-state index is 0.0556. The maximum absolute atomic E-state index is 12.8. The normalized spacial score (nSPS) is 22.9. The lowest BCUT2D eigenvalue weighted by Gasteiger charge is -2.26. The third-order valence-electron chi connectivity index (χ3n) is 5.51. The Bertz CT molecular complexity index is 747. The zero-order valence-corrected chi connectivity index (χ0v) is 15.1. The van der Waals surface area contributed by atoms with Crippen LogP contribution in [0.3, 0.4) is 0 Å². The molecule has 2 aromatic rings. The highest BCUT2D eigenvalue weighted by Crippen LogP contribution is 2.30. The van der Waals surface area contributed by atoms with Crippen LogP contribution in [0.15, 0.2) is 47.1 Å². The first-order chi connectivity index (χ1) is 12.7. The average Bonchev–Trinajstić information content (AvgIpc) is 3.22. The Kier molecular flexibility index (Phi) is 4.84. The summed E-state index contributed by atoms with van der Waals surface area (Å²) >= 11 is 0. The van der Waals surface area contributed by atoms with Crippen LogP contribution in [-0.4, -0.2) is 48.1 Å². The molecule has 1 aromatic carbocycles. The predicted octanol–water partition coefficient (Wildman–Crippen LogP) is 3.56. The summed E-state index contributed by atoms with van der Waals surface area (Å²) in [6.07, 6.45) is 5.08. The second-order valence-corrected chi connectivity index (χ2v) is 7.08. The highest BCUT2D eigenvalue weighted by Gasteiger charge is 2.36. The van der Waals surface area contributed by atoms with Crippen molar-refractivity contribution in [2.24, 2.45) is 0 Å². The highest BCUT2D eigenvalue weighted by molar-refractivity contribution is 5.91. The molecule has 0 aliphatic carbocycles. The van der Waals surface area contributed by atoms with Crippen molar-refractivity contribution in [1.82, 2.24) is 9.80 Å². The summed E-state index contributed by atoms with van der Waals surface area (Å²) in [7, 11) is 2.18. The smallest absolute Gasteiger partial charge is 0.322 e. The zero-order valence-electron chi connectivity index (χ0n) is 15.1. The zero-order chi connectivity index (χ0) is 17.9. The average molecular weight is 355 g/mol. The molecule has 1 aromatic heterocycles. The molecule has 1 N–H and O–H groups in total. The molecule has 0 unspecified atom stereocenters. The number of carbonyl (C=O) groups excluding carboxylic acids is 1. The van der Waals surface area contributed by atoms with Crippen molar-refractivity contribution < 1.29 is 13.9 Å². The molecule has 6 heteroatoms. The number of nitrogens with zero attached hydrogens (tertiary/aromatic N) is 2. The molecular weight excluding hydrogens is 330 g/mol. The Morgan fingerprint density at radius 2 is 2.04 bits per heavy atom. The van der Waals surface area contributed by atoms with Crippen LogP contribution >= 0.6 is 0 Å². The number of nitrogens with one attached hydrogen (secondary N) is 1. The topological polar surface area (TPSA) is 58.0 Å². The summed E-state index contributed by atoms with van der Waals surface area (Å²) in [6, 6.07) is 12.2. The lowest BCUT2D eigenvalue weighted by atomic mass is 10.1. The largest absolute Gasteiger partial charge is 0.483 e. The van der Waals surface area contributed by atoms with Crippen LogP contribution in [0.4, 0.5) is 10.5 Å². The van der Waals surface area contributed by atoms with Crippen molar-refractivity contribution >= 4 is 11.7 Å². The van der Waals surface area contributed by atoms with Gasteiger partial charge >= 0.3 is 6.03 Å². The van der Waals surface area contributed by atoms with E-state index >= 15 is 0 Å². The number of amides is 2. The van der Waals surface area contributed by atoms with E-state index in [1.807, 2.05) is 41.3 Å². The van der Waals surface area contributed by atoms with Crippen LogP contribution in [0.2, 0.25) is 0 Å². The van der Waals surface area contributed by atoms with Crippen molar-refractivity contribution in [3.8, 4) is 5.75 Å². The van der Waals surface area contributed by atoms with E-state index in [-0.39, 0.29) is 6.03 Å². The van der Waals surface area contributed by atoms with Gasteiger partial charge in [-0.2, -0.15) is 0 Å². The fourth-order valence-corrected chi connectivity index (χ4v) is 3.93. The van der Waals surface area contributed by atoms with Crippen molar-refractivity contribution in [2.45, 2.75) is 38.0 Å². The highest BCUT2D eigenvalue weighted by atomic mass is 16.5. The molecule has 6 nitrogen and oxygen atoms in total. The number of carbonyl (C=O) groups is 1. The van der Waals surface area contributed by atoms with E-state index in [4.69, 9.17) is 9.15 Å². The second kappa shape index (κ2) is 7.41. The number of furan rings is 1. The monoisotopic (exact) mass is 355 g/mol. The minimum atomic E-state index is -0.0556. The van der Waals surface area contributed by atoms with Crippen LogP contribution in [0.5, 0.6) is 5.75 Å². The van der Waals surface area contributed by atoms with Gasteiger partial charge in [-0.05, 0) is 50.6 Å². The molecule has 2 aliphatic heterocycles. The van der Waals surface area contributed by atoms with E-state index in [0.29, 0.717) is 30.1 Å². The molecule has 2 saturated heterocycles. The fraction of sp³-hybridized carbons (Fsp3) is 0.450. The molecular formula is C20H25N3O3. The van der Waals surface area contributed by atoms with Crippen LogP contribution < -0.4 is 10.1 Å². The van der Waals surface area contributed by atoms with E-state index in [1.54, 1.807) is 6.26 Å². The van der Waals surface area contributed by atoms with Gasteiger partial charge in [-0.15, -0.1) is 0 Å². The molecule has 0 saturated carbocycles. The van der Waals surface area contributed by atoms with Crippen LogP contribution in [0.1, 0.15) is 25.0 Å². The fourth-order valence-electron chi connectivity index (χ4n) is 3.93. The molecule has 2 bridgehead atoms. The summed E-state index contributed by atoms with van der Waals surface area (Å²) in [5.41, 5.74) is 0.687. The molecule has 0 radical (unpaired) electrons. The third kappa shape index (κ3) is 3.55. The Balaban J connectivity index is 1.41. The standard InChI is InChI=1S/C20H25N3O3/c1-22-15-8-9-16(22)13-23(11-10-15)20(24)21-18-6-2-3-7-19(18)26-14-17-5-4-12-25-17/h2-7,12,15-16H,8-11,13-14H2,1H3,(H,21,24)/t15-,16+/m0/s1. The number of para-hydroxylation sites is 2. The van der Waals surface area contributed by atoms with Crippen LogP contribution in [0.25, 0.3) is 0 Å².